The molecule has 3 aromatic rings. The lowest BCUT2D eigenvalue weighted by Crippen LogP contribution is -2.23. The number of nitrogens with one attached hydrogen (secondary N) is 2. The van der Waals surface area contributed by atoms with E-state index in [1.807, 2.05) is 38.4 Å². The van der Waals surface area contributed by atoms with Gasteiger partial charge >= 0.3 is 0 Å². The third kappa shape index (κ3) is 2.88. The van der Waals surface area contributed by atoms with Gasteiger partial charge in [-0.2, -0.15) is 0 Å². The average Bonchev–Trinajstić information content (AvgIpc) is 3.05. The summed E-state index contributed by atoms with van der Waals surface area (Å²) in [5.41, 5.74) is 7.71. The summed E-state index contributed by atoms with van der Waals surface area (Å²) in [6.07, 6.45) is 3.76. The first-order valence-corrected chi connectivity index (χ1v) is 7.30. The van der Waals surface area contributed by atoms with E-state index in [2.05, 4.69) is 15.0 Å². The Kier molecular flexibility index (Phi) is 4.51. The van der Waals surface area contributed by atoms with Crippen molar-refractivity contribution in [3.8, 4) is 10.4 Å². The van der Waals surface area contributed by atoms with Gasteiger partial charge in [0.25, 0.3) is 5.56 Å². The number of nitrogens with zero attached hydrogens (tertiary/aromatic N) is 1. The first-order valence-electron chi connectivity index (χ1n) is 6.49. The van der Waals surface area contributed by atoms with Gasteiger partial charge in [-0.15, -0.1) is 23.7 Å². The number of thiophene rings is 1. The molecule has 0 radical (unpaired) electrons. The predicted octanol–water partition coefficient (Wildman–Crippen LogP) is 3.06. The van der Waals surface area contributed by atoms with Crippen molar-refractivity contribution >= 4 is 34.0 Å². The van der Waals surface area contributed by atoms with E-state index in [-0.39, 0.29) is 29.9 Å². The van der Waals surface area contributed by atoms with Crippen LogP contribution < -0.4 is 11.3 Å². The minimum Gasteiger partial charge on any atom is -0.367 e. The lowest BCUT2D eigenvalue weighted by atomic mass is 10.1. The molecule has 5 nitrogen and oxygen atoms in total. The summed E-state index contributed by atoms with van der Waals surface area (Å²) in [6.45, 7) is 4.02. The van der Waals surface area contributed by atoms with Crippen molar-refractivity contribution in [1.29, 1.82) is 0 Å². The molecule has 0 spiro atoms. The second kappa shape index (κ2) is 6.01. The van der Waals surface area contributed by atoms with Gasteiger partial charge in [-0.3, -0.25) is 4.79 Å². The number of fused-ring (bicyclic) bond motifs is 1. The van der Waals surface area contributed by atoms with Crippen LogP contribution in [-0.2, 0) is 0 Å². The molecule has 0 bridgehead atoms. The minimum absolute atomic E-state index is 0. The van der Waals surface area contributed by atoms with E-state index in [4.69, 9.17) is 5.73 Å². The maximum Gasteiger partial charge on any atom is 0.268 e. The van der Waals surface area contributed by atoms with Gasteiger partial charge in [0.05, 0.1) is 11.6 Å². The molecular formula is C14H17ClN4OS. The van der Waals surface area contributed by atoms with Gasteiger partial charge in [-0.1, -0.05) is 13.8 Å². The SMILES string of the molecule is CC(C)C(N)c1nc2cc(-c3cc[nH]c3)sc2c(=O)[nH]1.Cl. The number of aromatic amines is 2. The zero-order valence-corrected chi connectivity index (χ0v) is 13.3. The molecule has 0 aliphatic heterocycles. The normalized spacial score (nSPS) is 12.6. The second-order valence-electron chi connectivity index (χ2n) is 5.15. The van der Waals surface area contributed by atoms with E-state index in [1.54, 1.807) is 0 Å². The standard InChI is InChI=1S/C14H16N4OS.ClH/c1-7(2)11(15)13-17-9-5-10(8-3-4-16-6-8)20-12(9)14(19)18-13;/h3-7,11,16H,15H2,1-2H3,(H,17,18,19);1H. The monoisotopic (exact) mass is 324 g/mol. The Labute approximate surface area is 132 Å². The summed E-state index contributed by atoms with van der Waals surface area (Å²) >= 11 is 1.44. The highest BCUT2D eigenvalue weighted by atomic mass is 35.5. The molecule has 0 aliphatic carbocycles. The lowest BCUT2D eigenvalue weighted by molar-refractivity contribution is 0.491. The molecule has 0 amide bonds. The molecule has 3 rings (SSSR count). The van der Waals surface area contributed by atoms with E-state index in [1.165, 1.54) is 11.3 Å². The molecule has 1 unspecified atom stereocenters. The Morgan fingerprint density at radius 1 is 1.38 bits per heavy atom. The van der Waals surface area contributed by atoms with Crippen molar-refractivity contribution < 1.29 is 0 Å². The fourth-order valence-corrected chi connectivity index (χ4v) is 3.04. The Hall–Kier alpha value is -1.63. The van der Waals surface area contributed by atoms with E-state index in [0.29, 0.717) is 16.0 Å². The number of hydrogen-bond acceptors (Lipinski definition) is 4. The summed E-state index contributed by atoms with van der Waals surface area (Å²) in [4.78, 5) is 23.5. The third-order valence-corrected chi connectivity index (χ3v) is 4.49. The van der Waals surface area contributed by atoms with Crippen molar-refractivity contribution in [2.45, 2.75) is 19.9 Å². The van der Waals surface area contributed by atoms with Gasteiger partial charge in [-0.05, 0) is 18.1 Å². The molecule has 3 aromatic heterocycles. The van der Waals surface area contributed by atoms with Crippen LogP contribution >= 0.6 is 23.7 Å². The van der Waals surface area contributed by atoms with Crippen molar-refractivity contribution in [1.82, 2.24) is 15.0 Å². The van der Waals surface area contributed by atoms with E-state index in [0.717, 1.165) is 10.4 Å². The van der Waals surface area contributed by atoms with Crippen LogP contribution in [0.2, 0.25) is 0 Å². The maximum absolute atomic E-state index is 12.2. The molecule has 0 saturated heterocycles. The van der Waals surface area contributed by atoms with Gasteiger partial charge in [0.15, 0.2) is 0 Å². The van der Waals surface area contributed by atoms with Crippen LogP contribution in [0.1, 0.15) is 25.7 Å². The number of rotatable bonds is 3. The smallest absolute Gasteiger partial charge is 0.268 e. The summed E-state index contributed by atoms with van der Waals surface area (Å²) in [5, 5.41) is 0. The van der Waals surface area contributed by atoms with Crippen molar-refractivity contribution in [3.05, 3.63) is 40.7 Å². The largest absolute Gasteiger partial charge is 0.367 e. The molecule has 0 aromatic carbocycles. The minimum atomic E-state index is -0.261. The lowest BCUT2D eigenvalue weighted by Gasteiger charge is -2.13. The fraction of sp³-hybridized carbons (Fsp3) is 0.286. The van der Waals surface area contributed by atoms with Crippen LogP contribution in [0.5, 0.6) is 0 Å². The van der Waals surface area contributed by atoms with Gasteiger partial charge in [-0.25, -0.2) is 4.98 Å². The number of nitrogens with two attached hydrogens (primary N) is 1. The number of aromatic nitrogens is 3. The number of H-pyrrole nitrogens is 2. The molecule has 3 heterocycles. The molecule has 1 atom stereocenters. The highest BCUT2D eigenvalue weighted by Gasteiger charge is 2.16. The molecule has 21 heavy (non-hydrogen) atoms. The highest BCUT2D eigenvalue weighted by Crippen LogP contribution is 2.31. The summed E-state index contributed by atoms with van der Waals surface area (Å²) < 4.78 is 0.640. The van der Waals surface area contributed by atoms with E-state index in [9.17, 15) is 4.79 Å². The summed E-state index contributed by atoms with van der Waals surface area (Å²) in [7, 11) is 0. The maximum atomic E-state index is 12.2. The predicted molar refractivity (Wildman–Crippen MR) is 89.0 cm³/mol. The Morgan fingerprint density at radius 3 is 2.76 bits per heavy atom. The molecule has 4 N–H and O–H groups in total. The molecule has 0 aliphatic rings. The quantitative estimate of drug-likeness (QED) is 0.692. The summed E-state index contributed by atoms with van der Waals surface area (Å²) in [6, 6.07) is 3.65. The van der Waals surface area contributed by atoms with E-state index >= 15 is 0 Å². The second-order valence-corrected chi connectivity index (χ2v) is 6.20. The van der Waals surface area contributed by atoms with E-state index < -0.39 is 0 Å². The van der Waals surface area contributed by atoms with Gasteiger partial charge in [0, 0.05) is 22.8 Å². The van der Waals surface area contributed by atoms with Crippen LogP contribution in [0.3, 0.4) is 0 Å². The van der Waals surface area contributed by atoms with Crippen LogP contribution in [0.25, 0.3) is 20.7 Å². The molecular weight excluding hydrogens is 308 g/mol. The van der Waals surface area contributed by atoms with Crippen molar-refractivity contribution in [2.75, 3.05) is 0 Å². The zero-order chi connectivity index (χ0) is 14.3. The van der Waals surface area contributed by atoms with Crippen molar-refractivity contribution in [3.63, 3.8) is 0 Å². The van der Waals surface area contributed by atoms with Crippen LogP contribution in [0, 0.1) is 5.92 Å². The topological polar surface area (TPSA) is 87.6 Å². The van der Waals surface area contributed by atoms with Crippen LogP contribution in [0.4, 0.5) is 0 Å². The fourth-order valence-electron chi connectivity index (χ4n) is 2.05. The van der Waals surface area contributed by atoms with Gasteiger partial charge in [0.1, 0.15) is 10.5 Å². The Balaban J connectivity index is 0.00000161. The summed E-state index contributed by atoms with van der Waals surface area (Å²) in [5.74, 6) is 0.772. The molecule has 7 heteroatoms. The average molecular weight is 325 g/mol. The van der Waals surface area contributed by atoms with Crippen LogP contribution in [0.15, 0.2) is 29.3 Å². The highest BCUT2D eigenvalue weighted by molar-refractivity contribution is 7.22. The third-order valence-electron chi connectivity index (χ3n) is 3.32. The Morgan fingerprint density at radius 2 is 2.14 bits per heavy atom. The Bertz CT molecular complexity index is 791. The number of hydrogen-bond donors (Lipinski definition) is 3. The van der Waals surface area contributed by atoms with Crippen LogP contribution in [-0.4, -0.2) is 15.0 Å². The number of halogens is 1. The van der Waals surface area contributed by atoms with Crippen molar-refractivity contribution in [2.24, 2.45) is 11.7 Å². The first-order chi connectivity index (χ1) is 9.56. The van der Waals surface area contributed by atoms with Gasteiger partial charge in [0.2, 0.25) is 0 Å². The molecule has 0 fully saturated rings. The zero-order valence-electron chi connectivity index (χ0n) is 11.7. The first kappa shape index (κ1) is 15.8. The molecule has 0 saturated carbocycles. The van der Waals surface area contributed by atoms with Gasteiger partial charge < -0.3 is 15.7 Å². The molecule has 112 valence electrons.